The number of pyridine rings is 1. The van der Waals surface area contributed by atoms with Gasteiger partial charge in [0.1, 0.15) is 17.9 Å². The van der Waals surface area contributed by atoms with Crippen LogP contribution >= 0.6 is 0 Å². The lowest BCUT2D eigenvalue weighted by molar-refractivity contribution is -0.156. The van der Waals surface area contributed by atoms with Crippen LogP contribution in [0.4, 0.5) is 4.79 Å². The van der Waals surface area contributed by atoms with Gasteiger partial charge in [0.15, 0.2) is 0 Å². The zero-order chi connectivity index (χ0) is 52.7. The first-order valence-electron chi connectivity index (χ1n) is 25.4. The first kappa shape index (κ1) is 53.6. The molecule has 2 N–H and O–H groups in total. The molecule has 3 saturated heterocycles. The Balaban J connectivity index is 1.08. The summed E-state index contributed by atoms with van der Waals surface area (Å²) in [5, 5.41) is 3.04. The molecule has 18 heteroatoms. The van der Waals surface area contributed by atoms with Crippen LogP contribution in [-0.4, -0.2) is 156 Å². The number of nitrogens with one attached hydrogen (secondary N) is 2. The van der Waals surface area contributed by atoms with Gasteiger partial charge in [-0.25, -0.2) is 10.2 Å². The second-order valence-corrected chi connectivity index (χ2v) is 24.0. The fraction of sp³-hybridized carbons (Fsp3) is 0.527. The Morgan fingerprint density at radius 2 is 1.77 bits per heavy atom. The summed E-state index contributed by atoms with van der Waals surface area (Å²) in [6, 6.07) is 17.6. The van der Waals surface area contributed by atoms with Crippen LogP contribution in [0.5, 0.6) is 0 Å². The van der Waals surface area contributed by atoms with Gasteiger partial charge in [0.2, 0.25) is 11.8 Å². The Hall–Kier alpha value is -5.67. The maximum atomic E-state index is 14.9. The molecular weight excluding hydrogens is 957 g/mol. The molecule has 6 bridgehead atoms. The van der Waals surface area contributed by atoms with E-state index in [1.54, 1.807) is 35.1 Å². The van der Waals surface area contributed by atoms with Gasteiger partial charge >= 0.3 is 12.0 Å². The standard InChI is InChI=1S/C55H70N8O8Si2/c1-10-45(65)61-33-54(71-35-61)21-25-60(26-22-54)50(68)59(8)32-51(3,4)31-44(64)57-55(73)29-36-15-12-16-37(27-36)38-19-20-43-40(28-38)41(46(62(43)11-2)39-17-13-23-56-47(39)53(7,72)69-9)30-52(5,6)34-70-48(66)42-18-14-24-63(58-42)49(55)67/h10,12-13,15-17,19-20,23,27-28,42,58H,1,11,14,18,21-22,24-26,29-35H2,2-9H3,(H,57,64)/t42-,53+,55+/m0/s1. The van der Waals surface area contributed by atoms with Gasteiger partial charge in [0.25, 0.3) is 5.91 Å². The molecule has 8 rings (SSSR count). The van der Waals surface area contributed by atoms with Crippen LogP contribution in [0.1, 0.15) is 90.5 Å². The number of urea groups is 1. The Kier molecular flexibility index (Phi) is 15.4. The molecule has 4 aliphatic rings. The molecule has 4 aromatic rings. The third-order valence-corrected chi connectivity index (χ3v) is 15.9. The van der Waals surface area contributed by atoms with Gasteiger partial charge in [-0.05, 0) is 104 Å². The summed E-state index contributed by atoms with van der Waals surface area (Å²) in [7, 11) is 11.1. The molecule has 1 spiro atoms. The molecule has 0 unspecified atom stereocenters. The molecule has 4 aliphatic heterocycles. The molecule has 0 saturated carbocycles. The van der Waals surface area contributed by atoms with E-state index < -0.39 is 50.6 Å². The molecule has 3 atom stereocenters. The largest absolute Gasteiger partial charge is 0.464 e. The van der Waals surface area contributed by atoms with E-state index in [1.807, 2.05) is 39.0 Å². The lowest BCUT2D eigenvalue weighted by atomic mass is 9.84. The normalized spacial score (nSPS) is 22.1. The van der Waals surface area contributed by atoms with E-state index in [1.165, 1.54) is 11.1 Å². The number of aryl methyl sites for hydroxylation is 1. The summed E-state index contributed by atoms with van der Waals surface area (Å²) in [4.78, 5) is 79.3. The highest BCUT2D eigenvalue weighted by Gasteiger charge is 2.46. The van der Waals surface area contributed by atoms with Gasteiger partial charge in [0, 0.05) is 87.8 Å². The number of methoxy groups -OCH3 is 1. The Labute approximate surface area is 436 Å². The van der Waals surface area contributed by atoms with E-state index in [2.05, 4.69) is 99.5 Å². The van der Waals surface area contributed by atoms with Crippen LogP contribution in [-0.2, 0) is 58.0 Å². The molecule has 16 nitrogen and oxygen atoms in total. The number of ether oxygens (including phenoxy) is 3. The van der Waals surface area contributed by atoms with Gasteiger partial charge < -0.3 is 38.8 Å². The van der Waals surface area contributed by atoms with Crippen molar-refractivity contribution in [2.45, 2.75) is 115 Å². The molecule has 2 aromatic carbocycles. The average Bonchev–Trinajstić information content (AvgIpc) is 3.92. The number of rotatable bonds is 10. The highest BCUT2D eigenvalue weighted by Crippen LogP contribution is 2.43. The molecule has 6 radical (unpaired) electrons. The van der Waals surface area contributed by atoms with E-state index in [4.69, 9.17) is 19.2 Å². The number of esters is 1. The van der Waals surface area contributed by atoms with Gasteiger partial charge in [-0.1, -0.05) is 64.6 Å². The smallest absolute Gasteiger partial charge is 0.324 e. The first-order chi connectivity index (χ1) is 34.5. The summed E-state index contributed by atoms with van der Waals surface area (Å²) >= 11 is 0. The van der Waals surface area contributed by atoms with Crippen LogP contribution in [0, 0.1) is 10.8 Å². The van der Waals surface area contributed by atoms with Crippen LogP contribution in [0.25, 0.3) is 33.3 Å². The minimum Gasteiger partial charge on any atom is -0.464 e. The topological polar surface area (TPSA) is 168 Å². The molecule has 73 heavy (non-hydrogen) atoms. The Morgan fingerprint density at radius 1 is 1.03 bits per heavy atom. The first-order valence-corrected chi connectivity index (χ1v) is 26.4. The van der Waals surface area contributed by atoms with Crippen LogP contribution in [0.2, 0.25) is 0 Å². The number of carbonyl (C=O) groups excluding carboxylic acids is 5. The van der Waals surface area contributed by atoms with Crippen molar-refractivity contribution in [3.05, 3.63) is 90.3 Å². The maximum absolute atomic E-state index is 14.9. The fourth-order valence-electron chi connectivity index (χ4n) is 11.1. The molecule has 386 valence electrons. The number of likely N-dealkylation sites (tertiary alicyclic amines) is 1. The summed E-state index contributed by atoms with van der Waals surface area (Å²) in [6.07, 6.45) is 5.87. The molecule has 5 amide bonds. The predicted molar refractivity (Wildman–Crippen MR) is 281 cm³/mol. The van der Waals surface area contributed by atoms with Crippen molar-refractivity contribution in [2.75, 3.05) is 60.2 Å². The minimum absolute atomic E-state index is 0.00498. The van der Waals surface area contributed by atoms with Gasteiger partial charge in [-0.3, -0.25) is 29.2 Å². The van der Waals surface area contributed by atoms with Crippen molar-refractivity contribution in [3.8, 4) is 22.4 Å². The number of hydrazine groups is 1. The maximum Gasteiger partial charge on any atom is 0.324 e. The monoisotopic (exact) mass is 1030 g/mol. The summed E-state index contributed by atoms with van der Waals surface area (Å²) in [6.45, 7) is 18.7. The fourth-order valence-corrected chi connectivity index (χ4v) is 11.8. The summed E-state index contributed by atoms with van der Waals surface area (Å²) < 4.78 is 20.5. The second-order valence-electron chi connectivity index (χ2n) is 22.2. The molecule has 6 heterocycles. The van der Waals surface area contributed by atoms with Crippen molar-refractivity contribution in [1.82, 2.24) is 40.0 Å². The second kappa shape index (κ2) is 20.9. The minimum atomic E-state index is -1.64. The van der Waals surface area contributed by atoms with E-state index in [0.717, 1.165) is 50.1 Å². The quantitative estimate of drug-likeness (QED) is 0.112. The Morgan fingerprint density at radius 3 is 2.48 bits per heavy atom. The van der Waals surface area contributed by atoms with Crippen LogP contribution in [0.3, 0.4) is 0 Å². The predicted octanol–water partition coefficient (Wildman–Crippen LogP) is 5.83. The number of cyclic esters (lactones) is 1. The number of amides is 5. The zero-order valence-electron chi connectivity index (χ0n) is 43.7. The van der Waals surface area contributed by atoms with Gasteiger partial charge in [-0.15, -0.1) is 0 Å². The molecule has 3 fully saturated rings. The number of piperidine rings is 1. The van der Waals surface area contributed by atoms with E-state index in [-0.39, 0.29) is 44.7 Å². The number of hydrogen-bond donors (Lipinski definition) is 2. The van der Waals surface area contributed by atoms with E-state index in [0.29, 0.717) is 64.8 Å². The molecule has 0 aliphatic carbocycles. The van der Waals surface area contributed by atoms with Crippen LogP contribution < -0.4 is 10.7 Å². The van der Waals surface area contributed by atoms with Crippen molar-refractivity contribution >= 4 is 61.1 Å². The van der Waals surface area contributed by atoms with Crippen molar-refractivity contribution in [1.29, 1.82) is 0 Å². The number of nitrogens with zero attached hydrogens (tertiary/aromatic N) is 6. The number of benzene rings is 2. The highest BCUT2D eigenvalue weighted by molar-refractivity contribution is 6.29. The van der Waals surface area contributed by atoms with Crippen molar-refractivity contribution < 1.29 is 38.2 Å². The average molecular weight is 1030 g/mol. The van der Waals surface area contributed by atoms with E-state index >= 15 is 0 Å². The lowest BCUT2D eigenvalue weighted by Gasteiger charge is -2.41. The number of aromatic nitrogens is 2. The third kappa shape index (κ3) is 11.4. The molecular formula is C55H70N8O8Si2. The summed E-state index contributed by atoms with van der Waals surface area (Å²) in [5.74, 6) is -1.49. The Bertz CT molecular complexity index is 2790. The van der Waals surface area contributed by atoms with Crippen LogP contribution in [0.15, 0.2) is 73.4 Å². The number of hydrogen-bond acceptors (Lipinski definition) is 10. The summed E-state index contributed by atoms with van der Waals surface area (Å²) in [5.41, 5.74) is 8.94. The highest BCUT2D eigenvalue weighted by atomic mass is 28.1. The van der Waals surface area contributed by atoms with E-state index in [9.17, 15) is 24.0 Å². The third-order valence-electron chi connectivity index (χ3n) is 14.9. The lowest BCUT2D eigenvalue weighted by Crippen LogP contribution is -2.67. The van der Waals surface area contributed by atoms with Crippen molar-refractivity contribution in [3.63, 3.8) is 0 Å². The van der Waals surface area contributed by atoms with Gasteiger partial charge in [0.05, 0.1) is 55.8 Å². The number of carbonyl (C=O) groups is 5. The SMILES string of the molecule is C=CC(=O)N1COC2(CCN(C(=O)N(C)CC(C)(C)CC(=O)N[C@@]3([Si])Cc4cccc(c4)-c4ccc5c(c4)c(c(-c4cccnc4[C@@](C)([Si])OC)n5CC)CC(C)(C)COC(=O)[C@@H]4CCCN(N4)C3=O)CC2)C1. The zero-order valence-corrected chi connectivity index (χ0v) is 45.7. The number of fused-ring (bicyclic) bond motifs is 6. The van der Waals surface area contributed by atoms with Crippen molar-refractivity contribution in [2.24, 2.45) is 10.8 Å². The van der Waals surface area contributed by atoms with Gasteiger partial charge in [-0.2, -0.15) is 0 Å². The molecule has 2 aromatic heterocycles.